The first-order valence-electron chi connectivity index (χ1n) is 7.67. The minimum Gasteiger partial charge on any atom is -0.370 e. The van der Waals surface area contributed by atoms with Gasteiger partial charge in [-0.3, -0.25) is 0 Å². The summed E-state index contributed by atoms with van der Waals surface area (Å²) in [5.41, 5.74) is -0.342. The van der Waals surface area contributed by atoms with Gasteiger partial charge in [0, 0.05) is 26.1 Å². The fraction of sp³-hybridized carbons (Fsp3) is 0.867. The van der Waals surface area contributed by atoms with Gasteiger partial charge in [-0.15, -0.1) is 0 Å². The van der Waals surface area contributed by atoms with Gasteiger partial charge < -0.3 is 14.6 Å². The number of hydrogen-bond acceptors (Lipinski definition) is 5. The fourth-order valence-electron chi connectivity index (χ4n) is 2.99. The van der Waals surface area contributed by atoms with Crippen LogP contribution in [0.4, 0.5) is 0 Å². The third-order valence-electron chi connectivity index (χ3n) is 4.11. The summed E-state index contributed by atoms with van der Waals surface area (Å²) in [5.74, 6) is 2.07. The molecule has 0 bridgehead atoms. The first-order valence-corrected chi connectivity index (χ1v) is 7.67. The highest BCUT2D eigenvalue weighted by Crippen LogP contribution is 2.41. The lowest BCUT2D eigenvalue weighted by molar-refractivity contribution is -0.0658. The molecule has 20 heavy (non-hydrogen) atoms. The van der Waals surface area contributed by atoms with Gasteiger partial charge in [0.15, 0.2) is 0 Å². The third-order valence-corrected chi connectivity index (χ3v) is 4.11. The van der Waals surface area contributed by atoms with Gasteiger partial charge in [-0.1, -0.05) is 32.3 Å². The van der Waals surface area contributed by atoms with E-state index in [1.807, 2.05) is 0 Å². The maximum atomic E-state index is 5.79. The van der Waals surface area contributed by atoms with E-state index in [9.17, 15) is 0 Å². The minimum atomic E-state index is -0.342. The molecule has 1 heterocycles. The Bertz CT molecular complexity index is 419. The number of hydrogen-bond donors (Lipinski definition) is 1. The molecule has 1 saturated carbocycles. The molecule has 2 unspecified atom stereocenters. The zero-order valence-electron chi connectivity index (χ0n) is 13.1. The smallest absolute Gasteiger partial charge is 0.228 e. The summed E-state index contributed by atoms with van der Waals surface area (Å²) in [4.78, 5) is 4.57. The molecule has 0 radical (unpaired) electrons. The average Bonchev–Trinajstić information content (AvgIpc) is 2.87. The van der Waals surface area contributed by atoms with Gasteiger partial charge in [0.1, 0.15) is 5.60 Å². The van der Waals surface area contributed by atoms with Gasteiger partial charge in [-0.25, -0.2) is 0 Å². The number of nitrogens with one attached hydrogen (secondary N) is 1. The van der Waals surface area contributed by atoms with Gasteiger partial charge in [0.2, 0.25) is 11.7 Å². The highest BCUT2D eigenvalue weighted by molar-refractivity contribution is 5.04. The van der Waals surface area contributed by atoms with E-state index in [0.29, 0.717) is 17.9 Å². The van der Waals surface area contributed by atoms with Crippen LogP contribution in [0.3, 0.4) is 0 Å². The van der Waals surface area contributed by atoms with Crippen LogP contribution in [-0.4, -0.2) is 29.8 Å². The molecule has 5 nitrogen and oxygen atoms in total. The summed E-state index contributed by atoms with van der Waals surface area (Å²) in [6, 6.07) is 0.474. The van der Waals surface area contributed by atoms with E-state index in [1.165, 1.54) is 6.42 Å². The first kappa shape index (κ1) is 15.4. The van der Waals surface area contributed by atoms with Crippen molar-refractivity contribution in [2.45, 2.75) is 64.5 Å². The van der Waals surface area contributed by atoms with Crippen molar-refractivity contribution in [2.24, 2.45) is 5.92 Å². The Balaban J connectivity index is 2.02. The molecule has 1 aromatic rings. The predicted octanol–water partition coefficient (Wildman–Crippen LogP) is 2.66. The van der Waals surface area contributed by atoms with Crippen LogP contribution in [0.1, 0.15) is 58.2 Å². The van der Waals surface area contributed by atoms with Crippen LogP contribution in [0.15, 0.2) is 4.52 Å². The second-order valence-corrected chi connectivity index (χ2v) is 6.27. The Labute approximate surface area is 121 Å². The van der Waals surface area contributed by atoms with E-state index >= 15 is 0 Å². The summed E-state index contributed by atoms with van der Waals surface area (Å²) in [5, 5.41) is 7.53. The van der Waals surface area contributed by atoms with Crippen molar-refractivity contribution in [2.75, 3.05) is 13.7 Å². The van der Waals surface area contributed by atoms with Crippen molar-refractivity contribution in [3.8, 4) is 0 Å². The maximum absolute atomic E-state index is 5.79. The highest BCUT2D eigenvalue weighted by atomic mass is 16.5. The van der Waals surface area contributed by atoms with E-state index in [0.717, 1.165) is 38.1 Å². The van der Waals surface area contributed by atoms with Crippen LogP contribution in [0.25, 0.3) is 0 Å². The molecule has 1 aromatic heterocycles. The third kappa shape index (κ3) is 3.58. The average molecular weight is 281 g/mol. The zero-order chi connectivity index (χ0) is 14.6. The minimum absolute atomic E-state index is 0.342. The van der Waals surface area contributed by atoms with Gasteiger partial charge >= 0.3 is 0 Å². The Kier molecular flexibility index (Phi) is 5.16. The molecule has 1 fully saturated rings. The highest BCUT2D eigenvalue weighted by Gasteiger charge is 2.40. The lowest BCUT2D eigenvalue weighted by Gasteiger charge is -2.36. The normalized spacial score (nSPS) is 27.1. The summed E-state index contributed by atoms with van der Waals surface area (Å²) in [6.07, 6.45) is 5.15. The summed E-state index contributed by atoms with van der Waals surface area (Å²) >= 11 is 0. The van der Waals surface area contributed by atoms with Crippen LogP contribution < -0.4 is 5.32 Å². The molecular weight excluding hydrogens is 254 g/mol. The van der Waals surface area contributed by atoms with Crippen LogP contribution in [0.5, 0.6) is 0 Å². The Hall–Kier alpha value is -0.940. The molecule has 1 aliphatic rings. The van der Waals surface area contributed by atoms with Crippen LogP contribution in [-0.2, 0) is 16.8 Å². The number of aromatic nitrogens is 2. The van der Waals surface area contributed by atoms with E-state index in [-0.39, 0.29) is 5.60 Å². The Morgan fingerprint density at radius 1 is 1.50 bits per heavy atom. The Morgan fingerprint density at radius 3 is 2.95 bits per heavy atom. The number of nitrogens with zero attached hydrogens (tertiary/aromatic N) is 2. The largest absolute Gasteiger partial charge is 0.370 e. The number of methoxy groups -OCH3 is 1. The molecule has 1 N–H and O–H groups in total. The van der Waals surface area contributed by atoms with Crippen molar-refractivity contribution < 1.29 is 9.26 Å². The molecule has 1 aliphatic carbocycles. The molecular formula is C15H27N3O2. The molecule has 2 atom stereocenters. The number of rotatable bonds is 6. The summed E-state index contributed by atoms with van der Waals surface area (Å²) in [7, 11) is 1.76. The molecule has 0 aliphatic heterocycles. The Morgan fingerprint density at radius 2 is 2.30 bits per heavy atom. The van der Waals surface area contributed by atoms with E-state index in [2.05, 4.69) is 36.2 Å². The SMILES string of the molecule is COC1(c2noc(CCNC(C)C)n2)CCCC(C)C1. The summed E-state index contributed by atoms with van der Waals surface area (Å²) < 4.78 is 11.2. The molecule has 0 saturated heterocycles. The van der Waals surface area contributed by atoms with Gasteiger partial charge in [-0.05, 0) is 25.2 Å². The molecule has 0 aromatic carbocycles. The quantitative estimate of drug-likeness (QED) is 0.868. The number of ether oxygens (including phenoxy) is 1. The van der Waals surface area contributed by atoms with Crippen molar-refractivity contribution in [3.63, 3.8) is 0 Å². The topological polar surface area (TPSA) is 60.2 Å². The molecule has 0 spiro atoms. The standard InChI is InChI=1S/C15H27N3O2/c1-11(2)16-9-7-13-17-14(18-20-13)15(19-4)8-5-6-12(3)10-15/h11-12,16H,5-10H2,1-4H3. The van der Waals surface area contributed by atoms with Gasteiger partial charge in [0.25, 0.3) is 0 Å². The van der Waals surface area contributed by atoms with Crippen molar-refractivity contribution in [1.29, 1.82) is 0 Å². The lowest BCUT2D eigenvalue weighted by atomic mass is 9.78. The summed E-state index contributed by atoms with van der Waals surface area (Å²) in [6.45, 7) is 7.38. The van der Waals surface area contributed by atoms with E-state index < -0.39 is 0 Å². The molecule has 2 rings (SSSR count). The fourth-order valence-corrected chi connectivity index (χ4v) is 2.99. The van der Waals surface area contributed by atoms with Crippen molar-refractivity contribution in [1.82, 2.24) is 15.5 Å². The van der Waals surface area contributed by atoms with E-state index in [4.69, 9.17) is 9.26 Å². The molecule has 0 amide bonds. The van der Waals surface area contributed by atoms with E-state index in [1.54, 1.807) is 7.11 Å². The monoisotopic (exact) mass is 281 g/mol. The van der Waals surface area contributed by atoms with Crippen LogP contribution in [0, 0.1) is 5.92 Å². The first-order chi connectivity index (χ1) is 9.55. The van der Waals surface area contributed by atoms with Crippen LogP contribution >= 0.6 is 0 Å². The van der Waals surface area contributed by atoms with Gasteiger partial charge in [0.05, 0.1) is 0 Å². The lowest BCUT2D eigenvalue weighted by Crippen LogP contribution is -2.35. The van der Waals surface area contributed by atoms with Gasteiger partial charge in [-0.2, -0.15) is 4.98 Å². The predicted molar refractivity (Wildman–Crippen MR) is 77.5 cm³/mol. The van der Waals surface area contributed by atoms with Crippen molar-refractivity contribution >= 4 is 0 Å². The maximum Gasteiger partial charge on any atom is 0.228 e. The molecule has 114 valence electrons. The second kappa shape index (κ2) is 6.68. The zero-order valence-corrected chi connectivity index (χ0v) is 13.1. The molecule has 5 heteroatoms. The van der Waals surface area contributed by atoms with Crippen LogP contribution in [0.2, 0.25) is 0 Å². The van der Waals surface area contributed by atoms with Crippen molar-refractivity contribution in [3.05, 3.63) is 11.7 Å². The second-order valence-electron chi connectivity index (χ2n) is 6.27.